The van der Waals surface area contributed by atoms with Crippen LogP contribution < -0.4 is 0 Å². The molecule has 1 aromatic heterocycles. The van der Waals surface area contributed by atoms with E-state index >= 15 is 0 Å². The van der Waals surface area contributed by atoms with Crippen molar-refractivity contribution >= 4 is 27.3 Å². The van der Waals surface area contributed by atoms with Gasteiger partial charge in [-0.15, -0.1) is 11.3 Å². The summed E-state index contributed by atoms with van der Waals surface area (Å²) in [6.07, 6.45) is 2.93. The van der Waals surface area contributed by atoms with Crippen LogP contribution in [-0.2, 0) is 11.3 Å². The van der Waals surface area contributed by atoms with Crippen LogP contribution >= 0.6 is 27.3 Å². The van der Waals surface area contributed by atoms with Gasteiger partial charge in [-0.05, 0) is 54.4 Å². The summed E-state index contributed by atoms with van der Waals surface area (Å²) in [7, 11) is 0. The third-order valence-corrected chi connectivity index (χ3v) is 4.48. The maximum absolute atomic E-state index is 5.71. The molecule has 2 heterocycles. The quantitative estimate of drug-likeness (QED) is 0.844. The minimum absolute atomic E-state index is 0.446. The smallest absolute Gasteiger partial charge is 0.0702 e. The third kappa shape index (κ3) is 3.55. The van der Waals surface area contributed by atoms with Crippen LogP contribution in [0, 0.1) is 0 Å². The van der Waals surface area contributed by atoms with Crippen LogP contribution in [0.1, 0.15) is 24.6 Å². The van der Waals surface area contributed by atoms with Crippen molar-refractivity contribution in [3.63, 3.8) is 0 Å². The molecule has 16 heavy (non-hydrogen) atoms. The Morgan fingerprint density at radius 3 is 3.12 bits per heavy atom. The van der Waals surface area contributed by atoms with Crippen LogP contribution in [0.2, 0.25) is 0 Å². The number of ether oxygens (including phenoxy) is 1. The molecular formula is C12H18BrNOS. The molecule has 1 unspecified atom stereocenters. The first-order chi connectivity index (χ1) is 7.78. The highest BCUT2D eigenvalue weighted by atomic mass is 79.9. The second kappa shape index (κ2) is 6.15. The fourth-order valence-electron chi connectivity index (χ4n) is 2.19. The van der Waals surface area contributed by atoms with Crippen molar-refractivity contribution in [1.29, 1.82) is 0 Å². The van der Waals surface area contributed by atoms with Gasteiger partial charge in [0.15, 0.2) is 0 Å². The molecule has 0 spiro atoms. The van der Waals surface area contributed by atoms with Gasteiger partial charge in [0.1, 0.15) is 0 Å². The molecule has 0 saturated carbocycles. The van der Waals surface area contributed by atoms with Crippen molar-refractivity contribution in [2.24, 2.45) is 0 Å². The number of halogens is 1. The highest BCUT2D eigenvalue weighted by Gasteiger charge is 2.20. The Morgan fingerprint density at radius 2 is 2.44 bits per heavy atom. The summed E-state index contributed by atoms with van der Waals surface area (Å²) in [4.78, 5) is 3.94. The van der Waals surface area contributed by atoms with Gasteiger partial charge in [0.2, 0.25) is 0 Å². The van der Waals surface area contributed by atoms with Gasteiger partial charge < -0.3 is 4.74 Å². The highest BCUT2D eigenvalue weighted by molar-refractivity contribution is 9.11. The predicted molar refractivity (Wildman–Crippen MR) is 71.9 cm³/mol. The van der Waals surface area contributed by atoms with E-state index in [0.717, 1.165) is 19.7 Å². The largest absolute Gasteiger partial charge is 0.377 e. The van der Waals surface area contributed by atoms with Crippen LogP contribution in [0.5, 0.6) is 0 Å². The lowest BCUT2D eigenvalue weighted by Crippen LogP contribution is -2.39. The summed E-state index contributed by atoms with van der Waals surface area (Å²) in [5.41, 5.74) is 0. The van der Waals surface area contributed by atoms with Gasteiger partial charge in [-0.3, -0.25) is 4.90 Å². The van der Waals surface area contributed by atoms with Crippen molar-refractivity contribution < 1.29 is 4.74 Å². The lowest BCUT2D eigenvalue weighted by Gasteiger charge is -2.32. The molecule has 0 aromatic carbocycles. The van der Waals surface area contributed by atoms with E-state index in [4.69, 9.17) is 4.74 Å². The molecule has 1 aliphatic rings. The van der Waals surface area contributed by atoms with E-state index < -0.39 is 0 Å². The molecular weight excluding hydrogens is 286 g/mol. The fraction of sp³-hybridized carbons (Fsp3) is 0.667. The number of likely N-dealkylation sites (tertiary alicyclic amines) is 1. The Hall–Kier alpha value is 0.1000. The molecule has 0 N–H and O–H groups in total. The van der Waals surface area contributed by atoms with E-state index in [2.05, 4.69) is 39.9 Å². The van der Waals surface area contributed by atoms with Crippen LogP contribution in [0.25, 0.3) is 0 Å². The molecule has 4 heteroatoms. The van der Waals surface area contributed by atoms with Gasteiger partial charge >= 0.3 is 0 Å². The third-order valence-electron chi connectivity index (χ3n) is 2.87. The first kappa shape index (κ1) is 12.6. The second-order valence-electron chi connectivity index (χ2n) is 4.16. The summed E-state index contributed by atoms with van der Waals surface area (Å²) in [5, 5.41) is 0. The van der Waals surface area contributed by atoms with Crippen molar-refractivity contribution in [1.82, 2.24) is 4.90 Å². The lowest BCUT2D eigenvalue weighted by atomic mass is 10.1. The molecule has 1 saturated heterocycles. The van der Waals surface area contributed by atoms with Crippen LogP contribution in [0.3, 0.4) is 0 Å². The normalized spacial score (nSPS) is 22.5. The Labute approximate surface area is 110 Å². The molecule has 1 aliphatic heterocycles. The maximum atomic E-state index is 5.71. The molecule has 0 radical (unpaired) electrons. The Kier molecular flexibility index (Phi) is 4.82. The summed E-state index contributed by atoms with van der Waals surface area (Å²) in [5.74, 6) is 0. The zero-order chi connectivity index (χ0) is 11.4. The molecule has 2 rings (SSSR count). The standard InChI is InChI=1S/C12H18BrNOS/c1-2-15-10-4-3-7-14(8-10)9-11-5-6-12(13)16-11/h5-6,10H,2-4,7-9H2,1H3. The molecule has 1 atom stereocenters. The monoisotopic (exact) mass is 303 g/mol. The number of rotatable bonds is 4. The summed E-state index contributed by atoms with van der Waals surface area (Å²) in [6, 6.07) is 4.34. The first-order valence-corrected chi connectivity index (χ1v) is 7.47. The van der Waals surface area contributed by atoms with Crippen molar-refractivity contribution in [3.05, 3.63) is 20.8 Å². The topological polar surface area (TPSA) is 12.5 Å². The number of nitrogens with zero attached hydrogens (tertiary/aromatic N) is 1. The van der Waals surface area contributed by atoms with Crippen molar-refractivity contribution in [2.75, 3.05) is 19.7 Å². The van der Waals surface area contributed by atoms with E-state index in [1.54, 1.807) is 0 Å². The Bertz CT molecular complexity index is 327. The molecule has 0 aliphatic carbocycles. The van der Waals surface area contributed by atoms with Crippen molar-refractivity contribution in [2.45, 2.75) is 32.4 Å². The Balaban J connectivity index is 1.85. The van der Waals surface area contributed by atoms with E-state index in [-0.39, 0.29) is 0 Å². The van der Waals surface area contributed by atoms with E-state index in [1.165, 1.54) is 28.0 Å². The number of hydrogen-bond donors (Lipinski definition) is 0. The summed E-state index contributed by atoms with van der Waals surface area (Å²) < 4.78 is 6.93. The van der Waals surface area contributed by atoms with Gasteiger partial charge in [0.25, 0.3) is 0 Å². The van der Waals surface area contributed by atoms with Crippen LogP contribution in [0.15, 0.2) is 15.9 Å². The minimum atomic E-state index is 0.446. The molecule has 2 nitrogen and oxygen atoms in total. The Morgan fingerprint density at radius 1 is 1.56 bits per heavy atom. The van der Waals surface area contributed by atoms with Crippen molar-refractivity contribution in [3.8, 4) is 0 Å². The van der Waals surface area contributed by atoms with Crippen LogP contribution in [-0.4, -0.2) is 30.7 Å². The second-order valence-corrected chi connectivity index (χ2v) is 6.71. The van der Waals surface area contributed by atoms with E-state index in [0.29, 0.717) is 6.10 Å². The molecule has 1 aromatic rings. The number of hydrogen-bond acceptors (Lipinski definition) is 3. The predicted octanol–water partition coefficient (Wildman–Crippen LogP) is 3.51. The molecule has 90 valence electrons. The lowest BCUT2D eigenvalue weighted by molar-refractivity contribution is 0.00390. The first-order valence-electron chi connectivity index (χ1n) is 5.86. The maximum Gasteiger partial charge on any atom is 0.0702 e. The SMILES string of the molecule is CCOC1CCCN(Cc2ccc(Br)s2)C1. The van der Waals surface area contributed by atoms with Gasteiger partial charge in [-0.25, -0.2) is 0 Å². The fourth-order valence-corrected chi connectivity index (χ4v) is 3.71. The average molecular weight is 304 g/mol. The van der Waals surface area contributed by atoms with Gasteiger partial charge in [-0.1, -0.05) is 0 Å². The number of thiophene rings is 1. The molecule has 0 bridgehead atoms. The zero-order valence-corrected chi connectivity index (χ0v) is 12.0. The zero-order valence-electron chi connectivity index (χ0n) is 9.62. The van der Waals surface area contributed by atoms with E-state index in [9.17, 15) is 0 Å². The minimum Gasteiger partial charge on any atom is -0.377 e. The average Bonchev–Trinajstić information content (AvgIpc) is 2.65. The van der Waals surface area contributed by atoms with Gasteiger partial charge in [0, 0.05) is 24.6 Å². The van der Waals surface area contributed by atoms with Gasteiger partial charge in [-0.2, -0.15) is 0 Å². The van der Waals surface area contributed by atoms with E-state index in [1.807, 2.05) is 11.3 Å². The molecule has 0 amide bonds. The van der Waals surface area contributed by atoms with Gasteiger partial charge in [0.05, 0.1) is 9.89 Å². The summed E-state index contributed by atoms with van der Waals surface area (Å²) >= 11 is 5.34. The molecule has 1 fully saturated rings. The highest BCUT2D eigenvalue weighted by Crippen LogP contribution is 2.24. The summed E-state index contributed by atoms with van der Waals surface area (Å²) in [6.45, 7) is 6.28. The van der Waals surface area contributed by atoms with Crippen LogP contribution in [0.4, 0.5) is 0 Å². The number of piperidine rings is 1.